The van der Waals surface area contributed by atoms with E-state index in [4.69, 9.17) is 14.0 Å². The summed E-state index contributed by atoms with van der Waals surface area (Å²) in [5.41, 5.74) is 1.50. The van der Waals surface area contributed by atoms with Crippen molar-refractivity contribution in [2.45, 2.75) is 33.3 Å². The SMILES string of the molecule is CCCCOC(=O)c1ccc(NC(=O)c2ccc(OCc3noc(C)n3)cc2)cc1. The third-order valence-corrected chi connectivity index (χ3v) is 4.16. The van der Waals surface area contributed by atoms with Crippen LogP contribution in [0.4, 0.5) is 5.69 Å². The first-order chi connectivity index (χ1) is 14.5. The van der Waals surface area contributed by atoms with E-state index in [2.05, 4.69) is 15.5 Å². The summed E-state index contributed by atoms with van der Waals surface area (Å²) in [6, 6.07) is 13.3. The van der Waals surface area contributed by atoms with Crippen LogP contribution in [-0.2, 0) is 11.3 Å². The first-order valence-electron chi connectivity index (χ1n) is 9.65. The Balaban J connectivity index is 1.52. The molecule has 0 bridgehead atoms. The van der Waals surface area contributed by atoms with Gasteiger partial charge in [-0.3, -0.25) is 4.79 Å². The minimum absolute atomic E-state index is 0.177. The fourth-order valence-corrected chi connectivity index (χ4v) is 2.54. The van der Waals surface area contributed by atoms with E-state index in [0.29, 0.717) is 40.9 Å². The zero-order chi connectivity index (χ0) is 21.3. The molecular formula is C22H23N3O5. The van der Waals surface area contributed by atoms with Crippen LogP contribution in [0.2, 0.25) is 0 Å². The number of ether oxygens (including phenoxy) is 2. The van der Waals surface area contributed by atoms with E-state index in [-0.39, 0.29) is 18.5 Å². The molecule has 0 atom stereocenters. The van der Waals surface area contributed by atoms with Crippen LogP contribution < -0.4 is 10.1 Å². The van der Waals surface area contributed by atoms with Crippen molar-refractivity contribution in [1.82, 2.24) is 10.1 Å². The third kappa shape index (κ3) is 5.91. The molecular weight excluding hydrogens is 386 g/mol. The average Bonchev–Trinajstić information content (AvgIpc) is 3.18. The number of hydrogen-bond donors (Lipinski definition) is 1. The van der Waals surface area contributed by atoms with Crippen molar-refractivity contribution in [2.24, 2.45) is 0 Å². The van der Waals surface area contributed by atoms with E-state index in [9.17, 15) is 9.59 Å². The van der Waals surface area contributed by atoms with Crippen molar-refractivity contribution in [1.29, 1.82) is 0 Å². The molecule has 30 heavy (non-hydrogen) atoms. The van der Waals surface area contributed by atoms with Gasteiger partial charge in [0, 0.05) is 18.2 Å². The highest BCUT2D eigenvalue weighted by Crippen LogP contribution is 2.16. The molecule has 8 heteroatoms. The molecule has 0 aliphatic rings. The van der Waals surface area contributed by atoms with Crippen molar-refractivity contribution in [3.63, 3.8) is 0 Å². The lowest BCUT2D eigenvalue weighted by Gasteiger charge is -2.08. The molecule has 0 fully saturated rings. The van der Waals surface area contributed by atoms with E-state index in [0.717, 1.165) is 12.8 Å². The Morgan fingerprint density at radius 1 is 1.03 bits per heavy atom. The maximum atomic E-state index is 12.4. The number of hydrogen-bond acceptors (Lipinski definition) is 7. The second-order valence-corrected chi connectivity index (χ2v) is 6.56. The number of anilines is 1. The largest absolute Gasteiger partial charge is 0.485 e. The number of carbonyl (C=O) groups is 2. The van der Waals surface area contributed by atoms with E-state index in [1.165, 1.54) is 0 Å². The number of benzene rings is 2. The Morgan fingerprint density at radius 2 is 1.73 bits per heavy atom. The van der Waals surface area contributed by atoms with Crippen LogP contribution in [0.25, 0.3) is 0 Å². The number of esters is 1. The molecule has 3 aromatic rings. The van der Waals surface area contributed by atoms with Gasteiger partial charge in [-0.2, -0.15) is 4.98 Å². The summed E-state index contributed by atoms with van der Waals surface area (Å²) in [5, 5.41) is 6.55. The van der Waals surface area contributed by atoms with E-state index in [1.807, 2.05) is 6.92 Å². The lowest BCUT2D eigenvalue weighted by Crippen LogP contribution is -2.12. The molecule has 0 saturated carbocycles. The molecule has 0 aliphatic carbocycles. The van der Waals surface area contributed by atoms with Gasteiger partial charge < -0.3 is 19.3 Å². The predicted octanol–water partition coefficient (Wildman–Crippen LogP) is 4.17. The van der Waals surface area contributed by atoms with Gasteiger partial charge in [0.25, 0.3) is 5.91 Å². The highest BCUT2D eigenvalue weighted by atomic mass is 16.5. The maximum Gasteiger partial charge on any atom is 0.338 e. The highest BCUT2D eigenvalue weighted by Gasteiger charge is 2.10. The Kier molecular flexibility index (Phi) is 7.15. The van der Waals surface area contributed by atoms with Gasteiger partial charge >= 0.3 is 5.97 Å². The number of aryl methyl sites for hydroxylation is 1. The van der Waals surface area contributed by atoms with Crippen molar-refractivity contribution >= 4 is 17.6 Å². The van der Waals surface area contributed by atoms with Crippen LogP contribution in [0.15, 0.2) is 53.1 Å². The summed E-state index contributed by atoms with van der Waals surface area (Å²) in [6.45, 7) is 4.32. The van der Waals surface area contributed by atoms with Gasteiger partial charge in [-0.1, -0.05) is 18.5 Å². The average molecular weight is 409 g/mol. The molecule has 0 aliphatic heterocycles. The number of aromatic nitrogens is 2. The molecule has 3 rings (SSSR count). The van der Waals surface area contributed by atoms with Crippen molar-refractivity contribution < 1.29 is 23.6 Å². The van der Waals surface area contributed by atoms with Gasteiger partial charge in [-0.05, 0) is 55.0 Å². The smallest absolute Gasteiger partial charge is 0.338 e. The second-order valence-electron chi connectivity index (χ2n) is 6.56. The lowest BCUT2D eigenvalue weighted by atomic mass is 10.1. The molecule has 0 radical (unpaired) electrons. The number of unbranched alkanes of at least 4 members (excludes halogenated alkanes) is 1. The van der Waals surface area contributed by atoms with Crippen LogP contribution in [-0.4, -0.2) is 28.6 Å². The maximum absolute atomic E-state index is 12.4. The number of carbonyl (C=O) groups excluding carboxylic acids is 2. The third-order valence-electron chi connectivity index (χ3n) is 4.16. The van der Waals surface area contributed by atoms with Crippen molar-refractivity contribution in [2.75, 3.05) is 11.9 Å². The van der Waals surface area contributed by atoms with Gasteiger partial charge in [0.05, 0.1) is 12.2 Å². The van der Waals surface area contributed by atoms with Crippen LogP contribution in [0.5, 0.6) is 5.75 Å². The van der Waals surface area contributed by atoms with E-state index in [1.54, 1.807) is 55.5 Å². The van der Waals surface area contributed by atoms with Gasteiger partial charge in [0.15, 0.2) is 6.61 Å². The summed E-state index contributed by atoms with van der Waals surface area (Å²) in [5.74, 6) is 0.871. The number of amides is 1. The van der Waals surface area contributed by atoms with Crippen LogP contribution in [0.3, 0.4) is 0 Å². The van der Waals surface area contributed by atoms with Gasteiger partial charge in [-0.25, -0.2) is 4.79 Å². The molecule has 2 aromatic carbocycles. The van der Waals surface area contributed by atoms with Crippen LogP contribution >= 0.6 is 0 Å². The Labute approximate surface area is 174 Å². The second kappa shape index (κ2) is 10.2. The van der Waals surface area contributed by atoms with Crippen LogP contribution in [0, 0.1) is 6.92 Å². The highest BCUT2D eigenvalue weighted by molar-refractivity contribution is 6.04. The molecule has 1 aromatic heterocycles. The summed E-state index contributed by atoms with van der Waals surface area (Å²) >= 11 is 0. The summed E-state index contributed by atoms with van der Waals surface area (Å²) in [7, 11) is 0. The standard InChI is InChI=1S/C22H23N3O5/c1-3-4-13-28-22(27)17-5-9-18(10-6-17)24-21(26)16-7-11-19(12-8-16)29-14-20-23-15(2)30-25-20/h5-12H,3-4,13-14H2,1-2H3,(H,24,26). The van der Waals surface area contributed by atoms with Gasteiger partial charge in [0.1, 0.15) is 5.75 Å². The fraction of sp³-hybridized carbons (Fsp3) is 0.273. The number of nitrogens with zero attached hydrogens (tertiary/aromatic N) is 2. The summed E-state index contributed by atoms with van der Waals surface area (Å²) in [4.78, 5) is 28.4. The van der Waals surface area contributed by atoms with E-state index >= 15 is 0 Å². The molecule has 156 valence electrons. The number of rotatable bonds is 9. The molecule has 0 saturated heterocycles. The molecule has 1 amide bonds. The first kappa shape index (κ1) is 21.0. The minimum atomic E-state index is -0.368. The van der Waals surface area contributed by atoms with Crippen molar-refractivity contribution in [3.8, 4) is 5.75 Å². The van der Waals surface area contributed by atoms with E-state index < -0.39 is 0 Å². The van der Waals surface area contributed by atoms with Crippen molar-refractivity contribution in [3.05, 3.63) is 71.4 Å². The molecule has 1 heterocycles. The van der Waals surface area contributed by atoms with Gasteiger partial charge in [-0.15, -0.1) is 0 Å². The minimum Gasteiger partial charge on any atom is -0.485 e. The topological polar surface area (TPSA) is 104 Å². The quantitative estimate of drug-likeness (QED) is 0.418. The Bertz CT molecular complexity index is 981. The number of nitrogens with one attached hydrogen (secondary N) is 1. The zero-order valence-electron chi connectivity index (χ0n) is 16.9. The van der Waals surface area contributed by atoms with Gasteiger partial charge in [0.2, 0.25) is 11.7 Å². The normalized spacial score (nSPS) is 10.5. The summed E-state index contributed by atoms with van der Waals surface area (Å²) in [6.07, 6.45) is 1.80. The molecule has 0 unspecified atom stereocenters. The molecule has 1 N–H and O–H groups in total. The lowest BCUT2D eigenvalue weighted by molar-refractivity contribution is 0.0499. The Morgan fingerprint density at radius 3 is 2.37 bits per heavy atom. The monoisotopic (exact) mass is 409 g/mol. The predicted molar refractivity (Wildman–Crippen MR) is 109 cm³/mol. The Hall–Kier alpha value is -3.68. The van der Waals surface area contributed by atoms with Crippen LogP contribution in [0.1, 0.15) is 52.2 Å². The summed E-state index contributed by atoms with van der Waals surface area (Å²) < 4.78 is 15.6. The fourth-order valence-electron chi connectivity index (χ4n) is 2.54. The zero-order valence-corrected chi connectivity index (χ0v) is 16.9. The molecule has 0 spiro atoms. The first-order valence-corrected chi connectivity index (χ1v) is 9.65. The molecule has 8 nitrogen and oxygen atoms in total.